The van der Waals surface area contributed by atoms with Gasteiger partial charge in [0.25, 0.3) is 0 Å². The van der Waals surface area contributed by atoms with E-state index in [2.05, 4.69) is 24.3 Å². The number of carbonyl (C=O) groups is 1. The van der Waals surface area contributed by atoms with Crippen LogP contribution in [0.4, 0.5) is 0 Å². The lowest BCUT2D eigenvalue weighted by molar-refractivity contribution is -0.137. The number of carbonyl (C=O) groups excluding carboxylic acids is 1. The van der Waals surface area contributed by atoms with E-state index in [1.54, 1.807) is 6.92 Å². The summed E-state index contributed by atoms with van der Waals surface area (Å²) in [5, 5.41) is 3.37. The van der Waals surface area contributed by atoms with Crippen LogP contribution in [0.2, 0.25) is 0 Å². The van der Waals surface area contributed by atoms with E-state index in [1.165, 1.54) is 25.3 Å². The minimum absolute atomic E-state index is 0.264. The average molecular weight is 240 g/mol. The summed E-state index contributed by atoms with van der Waals surface area (Å²) in [5.41, 5.74) is 0.331. The monoisotopic (exact) mass is 240 g/mol. The zero-order chi connectivity index (χ0) is 12.7. The number of hydrogen-bond acceptors (Lipinski definition) is 4. The summed E-state index contributed by atoms with van der Waals surface area (Å²) in [6.45, 7) is 3.93. The number of nitrogens with one attached hydrogen (secondary N) is 1. The Labute approximate surface area is 104 Å². The van der Waals surface area contributed by atoms with Crippen molar-refractivity contribution in [1.29, 1.82) is 0 Å². The molecule has 1 N–H and O–H groups in total. The first-order chi connectivity index (χ1) is 8.10. The minimum atomic E-state index is -0.264. The zero-order valence-corrected chi connectivity index (χ0v) is 11.2. The van der Waals surface area contributed by atoms with Crippen LogP contribution in [0.1, 0.15) is 26.2 Å². The van der Waals surface area contributed by atoms with Crippen LogP contribution in [0.3, 0.4) is 0 Å². The van der Waals surface area contributed by atoms with Crippen LogP contribution < -0.4 is 5.32 Å². The van der Waals surface area contributed by atoms with Gasteiger partial charge in [0.2, 0.25) is 0 Å². The Morgan fingerprint density at radius 3 is 2.65 bits per heavy atom. The number of rotatable bonds is 7. The van der Waals surface area contributed by atoms with Gasteiger partial charge in [0.05, 0.1) is 6.61 Å². The third-order valence-corrected chi connectivity index (χ3v) is 3.49. The summed E-state index contributed by atoms with van der Waals surface area (Å²) in [6, 6.07) is 0. The summed E-state index contributed by atoms with van der Waals surface area (Å²) >= 11 is 0. The van der Waals surface area contributed by atoms with Crippen molar-refractivity contribution in [2.24, 2.45) is 0 Å². The molecule has 0 atom stereocenters. The number of hydrogen-bond donors (Lipinski definition) is 1. The van der Waals surface area contributed by atoms with E-state index in [0.717, 1.165) is 6.54 Å². The summed E-state index contributed by atoms with van der Waals surface area (Å²) in [7, 11) is 4.27. The first kappa shape index (κ1) is 14.2. The van der Waals surface area contributed by atoms with Gasteiger partial charge in [-0.3, -0.25) is 0 Å². The third-order valence-electron chi connectivity index (χ3n) is 3.49. The Hall–Kier alpha value is -0.870. The van der Waals surface area contributed by atoms with E-state index in [4.69, 9.17) is 4.74 Å². The standard InChI is InChI=1S/C13H24N2O2/c1-4-17-12(16)7-5-10-14-11-13(15(2)3)8-6-9-13/h5,7,14H,4,6,8-11H2,1-3H3/b7-5+. The van der Waals surface area contributed by atoms with E-state index in [9.17, 15) is 4.79 Å². The molecule has 0 heterocycles. The molecule has 0 aliphatic heterocycles. The third kappa shape index (κ3) is 4.13. The molecule has 17 heavy (non-hydrogen) atoms. The van der Waals surface area contributed by atoms with Crippen LogP contribution in [0.25, 0.3) is 0 Å². The number of nitrogens with zero attached hydrogens (tertiary/aromatic N) is 1. The first-order valence-electron chi connectivity index (χ1n) is 6.32. The van der Waals surface area contributed by atoms with Crippen molar-refractivity contribution < 1.29 is 9.53 Å². The maximum atomic E-state index is 11.0. The van der Waals surface area contributed by atoms with Gasteiger partial charge in [0, 0.05) is 24.7 Å². The highest BCUT2D eigenvalue weighted by atomic mass is 16.5. The second-order valence-electron chi connectivity index (χ2n) is 4.76. The van der Waals surface area contributed by atoms with Crippen LogP contribution >= 0.6 is 0 Å². The molecule has 4 nitrogen and oxygen atoms in total. The molecule has 0 aromatic rings. The van der Waals surface area contributed by atoms with Gasteiger partial charge in [-0.1, -0.05) is 6.08 Å². The topological polar surface area (TPSA) is 41.6 Å². The fraction of sp³-hybridized carbons (Fsp3) is 0.769. The van der Waals surface area contributed by atoms with Crippen molar-refractivity contribution in [2.75, 3.05) is 33.8 Å². The van der Waals surface area contributed by atoms with E-state index in [-0.39, 0.29) is 5.97 Å². The van der Waals surface area contributed by atoms with Gasteiger partial charge in [-0.25, -0.2) is 4.79 Å². The van der Waals surface area contributed by atoms with E-state index < -0.39 is 0 Å². The highest BCUT2D eigenvalue weighted by Gasteiger charge is 2.38. The molecule has 0 aromatic heterocycles. The molecule has 98 valence electrons. The molecule has 1 aliphatic carbocycles. The van der Waals surface area contributed by atoms with E-state index in [1.807, 2.05) is 6.08 Å². The fourth-order valence-electron chi connectivity index (χ4n) is 2.10. The van der Waals surface area contributed by atoms with Crippen molar-refractivity contribution >= 4 is 5.97 Å². The van der Waals surface area contributed by atoms with Gasteiger partial charge < -0.3 is 15.0 Å². The lowest BCUT2D eigenvalue weighted by Crippen LogP contribution is -2.56. The van der Waals surface area contributed by atoms with Crippen molar-refractivity contribution in [2.45, 2.75) is 31.7 Å². The molecule has 0 aromatic carbocycles. The van der Waals surface area contributed by atoms with Gasteiger partial charge in [0.15, 0.2) is 0 Å². The molecule has 0 amide bonds. The summed E-state index contributed by atoms with van der Waals surface area (Å²) in [6.07, 6.45) is 7.14. The summed E-state index contributed by atoms with van der Waals surface area (Å²) < 4.78 is 4.80. The van der Waals surface area contributed by atoms with Crippen LogP contribution in [0.5, 0.6) is 0 Å². The molecule has 0 bridgehead atoms. The van der Waals surface area contributed by atoms with Crippen LogP contribution in [0, 0.1) is 0 Å². The predicted molar refractivity (Wildman–Crippen MR) is 68.9 cm³/mol. The molecule has 1 rings (SSSR count). The highest BCUT2D eigenvalue weighted by molar-refractivity contribution is 5.81. The Bertz CT molecular complexity index is 271. The summed E-state index contributed by atoms with van der Waals surface area (Å²) in [5.74, 6) is -0.264. The van der Waals surface area contributed by atoms with Gasteiger partial charge in [0.1, 0.15) is 0 Å². The van der Waals surface area contributed by atoms with Gasteiger partial charge in [-0.2, -0.15) is 0 Å². The predicted octanol–water partition coefficient (Wildman–Crippen LogP) is 1.18. The number of likely N-dealkylation sites (N-methyl/N-ethyl adjacent to an activating group) is 1. The molecule has 1 aliphatic rings. The second kappa shape index (κ2) is 6.77. The minimum Gasteiger partial charge on any atom is -0.463 e. The molecule has 0 spiro atoms. The lowest BCUT2D eigenvalue weighted by Gasteiger charge is -2.47. The molecule has 0 saturated heterocycles. The second-order valence-corrected chi connectivity index (χ2v) is 4.76. The van der Waals surface area contributed by atoms with Gasteiger partial charge in [-0.05, 0) is 40.3 Å². The molecule has 0 radical (unpaired) electrons. The van der Waals surface area contributed by atoms with Crippen molar-refractivity contribution in [3.05, 3.63) is 12.2 Å². The maximum Gasteiger partial charge on any atom is 0.330 e. The largest absolute Gasteiger partial charge is 0.463 e. The molecular weight excluding hydrogens is 216 g/mol. The van der Waals surface area contributed by atoms with Gasteiger partial charge in [-0.15, -0.1) is 0 Å². The van der Waals surface area contributed by atoms with Crippen LogP contribution in [0.15, 0.2) is 12.2 Å². The number of ether oxygens (including phenoxy) is 1. The Kier molecular flexibility index (Phi) is 5.65. The van der Waals surface area contributed by atoms with Crippen molar-refractivity contribution in [3.63, 3.8) is 0 Å². The maximum absolute atomic E-state index is 11.0. The summed E-state index contributed by atoms with van der Waals surface area (Å²) in [4.78, 5) is 13.3. The highest BCUT2D eigenvalue weighted by Crippen LogP contribution is 2.35. The molecule has 1 saturated carbocycles. The van der Waals surface area contributed by atoms with E-state index >= 15 is 0 Å². The van der Waals surface area contributed by atoms with Gasteiger partial charge >= 0.3 is 5.97 Å². The molecule has 0 unspecified atom stereocenters. The number of esters is 1. The Morgan fingerprint density at radius 2 is 2.18 bits per heavy atom. The molecular formula is C13H24N2O2. The molecule has 1 fully saturated rings. The average Bonchev–Trinajstić information content (AvgIpc) is 2.20. The van der Waals surface area contributed by atoms with Crippen molar-refractivity contribution in [1.82, 2.24) is 10.2 Å². The zero-order valence-electron chi connectivity index (χ0n) is 11.2. The lowest BCUT2D eigenvalue weighted by atomic mass is 9.75. The van der Waals surface area contributed by atoms with Crippen molar-refractivity contribution in [3.8, 4) is 0 Å². The fourth-order valence-corrected chi connectivity index (χ4v) is 2.10. The van der Waals surface area contributed by atoms with Crippen LogP contribution in [-0.4, -0.2) is 50.2 Å². The SMILES string of the molecule is CCOC(=O)/C=C/CNCC1(N(C)C)CCC1. The quantitative estimate of drug-likeness (QED) is 0.412. The normalized spacial score (nSPS) is 18.4. The Balaban J connectivity index is 2.17. The van der Waals surface area contributed by atoms with Crippen LogP contribution in [-0.2, 0) is 9.53 Å². The van der Waals surface area contributed by atoms with E-state index in [0.29, 0.717) is 18.7 Å². The first-order valence-corrected chi connectivity index (χ1v) is 6.32. The Morgan fingerprint density at radius 1 is 1.47 bits per heavy atom. The molecule has 4 heteroatoms. The smallest absolute Gasteiger partial charge is 0.330 e.